The predicted octanol–water partition coefficient (Wildman–Crippen LogP) is 2.23. The van der Waals surface area contributed by atoms with Gasteiger partial charge in [-0.3, -0.25) is 9.30 Å². The molecule has 0 aliphatic carbocycles. The van der Waals surface area contributed by atoms with Crippen molar-refractivity contribution in [1.29, 1.82) is 0 Å². The summed E-state index contributed by atoms with van der Waals surface area (Å²) in [4.78, 5) is 9.34. The summed E-state index contributed by atoms with van der Waals surface area (Å²) in [5, 5.41) is 8.21. The van der Waals surface area contributed by atoms with Gasteiger partial charge in [-0.25, -0.2) is 4.98 Å². The lowest BCUT2D eigenvalue weighted by atomic mass is 10.0. The predicted molar refractivity (Wildman–Crippen MR) is 93.9 cm³/mol. The maximum Gasteiger partial charge on any atom is 0.203 e. The summed E-state index contributed by atoms with van der Waals surface area (Å²) in [5.74, 6) is 0.904. The van der Waals surface area contributed by atoms with Crippen molar-refractivity contribution >= 4 is 11.5 Å². The van der Waals surface area contributed by atoms with Gasteiger partial charge in [-0.05, 0) is 24.9 Å². The third-order valence-corrected chi connectivity index (χ3v) is 4.81. The molecule has 3 aromatic rings. The third kappa shape index (κ3) is 2.97. The highest BCUT2D eigenvalue weighted by atomic mass is 15.3. The van der Waals surface area contributed by atoms with Crippen molar-refractivity contribution < 1.29 is 0 Å². The van der Waals surface area contributed by atoms with Crippen molar-refractivity contribution in [3.63, 3.8) is 0 Å². The lowest BCUT2D eigenvalue weighted by molar-refractivity contribution is 0.198. The molecule has 1 aliphatic heterocycles. The number of piperidine rings is 1. The zero-order valence-corrected chi connectivity index (χ0v) is 13.9. The summed E-state index contributed by atoms with van der Waals surface area (Å²) < 4.78 is 1.92. The average molecular weight is 322 g/mol. The van der Waals surface area contributed by atoms with Gasteiger partial charge in [0.05, 0.1) is 0 Å². The number of aromatic nitrogens is 4. The molecule has 0 amide bonds. The van der Waals surface area contributed by atoms with E-state index in [9.17, 15) is 0 Å². The van der Waals surface area contributed by atoms with E-state index in [1.165, 1.54) is 18.4 Å². The van der Waals surface area contributed by atoms with Crippen molar-refractivity contribution in [3.05, 3.63) is 54.6 Å². The molecule has 0 N–H and O–H groups in total. The van der Waals surface area contributed by atoms with Gasteiger partial charge in [-0.15, -0.1) is 10.2 Å². The zero-order valence-electron chi connectivity index (χ0n) is 13.9. The van der Waals surface area contributed by atoms with E-state index in [0.29, 0.717) is 6.04 Å². The van der Waals surface area contributed by atoms with Crippen LogP contribution in [0.1, 0.15) is 18.4 Å². The summed E-state index contributed by atoms with van der Waals surface area (Å²) in [5.41, 5.74) is 2.19. The smallest absolute Gasteiger partial charge is 0.203 e. The van der Waals surface area contributed by atoms with Gasteiger partial charge < -0.3 is 4.90 Å². The molecular formula is C18H22N6. The second kappa shape index (κ2) is 6.57. The summed E-state index contributed by atoms with van der Waals surface area (Å²) in [7, 11) is 2.12. The lowest BCUT2D eigenvalue weighted by Crippen LogP contribution is -2.46. The highest BCUT2D eigenvalue weighted by Gasteiger charge is 2.25. The normalized spacial score (nSPS) is 18.8. The number of benzene rings is 1. The Balaban J connectivity index is 1.50. The monoisotopic (exact) mass is 322 g/mol. The number of likely N-dealkylation sites (tertiary alicyclic amines) is 1. The van der Waals surface area contributed by atoms with Gasteiger partial charge in [0.25, 0.3) is 0 Å². The topological polar surface area (TPSA) is 49.6 Å². The van der Waals surface area contributed by atoms with Gasteiger partial charge in [-0.1, -0.05) is 30.3 Å². The number of hydrogen-bond acceptors (Lipinski definition) is 5. The van der Waals surface area contributed by atoms with Gasteiger partial charge in [0.1, 0.15) is 6.33 Å². The molecule has 1 saturated heterocycles. The van der Waals surface area contributed by atoms with Gasteiger partial charge in [0, 0.05) is 38.6 Å². The van der Waals surface area contributed by atoms with Crippen LogP contribution < -0.4 is 4.90 Å². The van der Waals surface area contributed by atoms with Crippen LogP contribution in [0.25, 0.3) is 5.65 Å². The molecule has 1 atom stereocenters. The molecule has 0 spiro atoms. The molecule has 1 aromatic carbocycles. The Morgan fingerprint density at radius 1 is 1.25 bits per heavy atom. The van der Waals surface area contributed by atoms with E-state index in [2.05, 4.69) is 62.4 Å². The van der Waals surface area contributed by atoms with Gasteiger partial charge in [0.15, 0.2) is 5.82 Å². The van der Waals surface area contributed by atoms with Crippen LogP contribution in [0.5, 0.6) is 0 Å². The van der Waals surface area contributed by atoms with E-state index in [1.807, 2.05) is 16.8 Å². The van der Waals surface area contributed by atoms with Gasteiger partial charge in [0.2, 0.25) is 5.65 Å². The molecular weight excluding hydrogens is 300 g/mol. The molecule has 124 valence electrons. The van der Waals surface area contributed by atoms with Crippen LogP contribution in [0.4, 0.5) is 5.82 Å². The Hall–Kier alpha value is -2.47. The first-order valence-electron chi connectivity index (χ1n) is 8.45. The van der Waals surface area contributed by atoms with E-state index in [4.69, 9.17) is 0 Å². The highest BCUT2D eigenvalue weighted by molar-refractivity contribution is 5.63. The molecule has 0 unspecified atom stereocenters. The van der Waals surface area contributed by atoms with Crippen LogP contribution in [0.2, 0.25) is 0 Å². The fourth-order valence-electron chi connectivity index (χ4n) is 3.50. The molecule has 1 aliphatic rings. The maximum absolute atomic E-state index is 4.55. The quantitative estimate of drug-likeness (QED) is 0.737. The second-order valence-corrected chi connectivity index (χ2v) is 6.44. The van der Waals surface area contributed by atoms with Crippen molar-refractivity contribution in [3.8, 4) is 0 Å². The molecule has 3 heterocycles. The zero-order chi connectivity index (χ0) is 16.4. The molecule has 24 heavy (non-hydrogen) atoms. The Morgan fingerprint density at radius 3 is 3.00 bits per heavy atom. The molecule has 0 bridgehead atoms. The van der Waals surface area contributed by atoms with Crippen LogP contribution in [-0.2, 0) is 6.54 Å². The standard InChI is InChI=1S/C18H22N6/c1-22(17-18-21-20-14-24(18)11-9-19-17)16-8-5-10-23(13-16)12-15-6-3-2-4-7-15/h2-4,6-7,9,11,14,16H,5,8,10,12-13H2,1H3/t16-/m1/s1. The van der Waals surface area contributed by atoms with Crippen molar-refractivity contribution in [2.45, 2.75) is 25.4 Å². The van der Waals surface area contributed by atoms with Crippen LogP contribution in [0.15, 0.2) is 49.1 Å². The second-order valence-electron chi connectivity index (χ2n) is 6.44. The van der Waals surface area contributed by atoms with E-state index in [1.54, 1.807) is 6.33 Å². The number of anilines is 1. The minimum absolute atomic E-state index is 0.442. The number of rotatable bonds is 4. The minimum Gasteiger partial charge on any atom is -0.352 e. The molecule has 1 fully saturated rings. The number of hydrogen-bond donors (Lipinski definition) is 0. The first-order valence-corrected chi connectivity index (χ1v) is 8.45. The van der Waals surface area contributed by atoms with Crippen LogP contribution in [0, 0.1) is 0 Å². The van der Waals surface area contributed by atoms with Crippen LogP contribution >= 0.6 is 0 Å². The van der Waals surface area contributed by atoms with Gasteiger partial charge >= 0.3 is 0 Å². The van der Waals surface area contributed by atoms with Crippen molar-refractivity contribution in [1.82, 2.24) is 24.5 Å². The van der Waals surface area contributed by atoms with E-state index in [-0.39, 0.29) is 0 Å². The van der Waals surface area contributed by atoms with E-state index in [0.717, 1.165) is 31.1 Å². The van der Waals surface area contributed by atoms with Gasteiger partial charge in [-0.2, -0.15) is 0 Å². The Kier molecular flexibility index (Phi) is 4.13. The minimum atomic E-state index is 0.442. The average Bonchev–Trinajstić information content (AvgIpc) is 3.11. The Bertz CT molecular complexity index is 799. The Labute approximate surface area is 141 Å². The molecule has 2 aromatic heterocycles. The number of likely N-dealkylation sites (N-methyl/N-ethyl adjacent to an activating group) is 1. The van der Waals surface area contributed by atoms with Crippen molar-refractivity contribution in [2.75, 3.05) is 25.0 Å². The number of fused-ring (bicyclic) bond motifs is 1. The third-order valence-electron chi connectivity index (χ3n) is 4.81. The molecule has 4 rings (SSSR count). The van der Waals surface area contributed by atoms with E-state index >= 15 is 0 Å². The molecule has 6 heteroatoms. The largest absolute Gasteiger partial charge is 0.352 e. The summed E-state index contributed by atoms with van der Waals surface area (Å²) in [6.07, 6.45) is 7.80. The molecule has 6 nitrogen and oxygen atoms in total. The summed E-state index contributed by atoms with van der Waals surface area (Å²) in [6.45, 7) is 3.21. The first-order chi connectivity index (χ1) is 11.8. The summed E-state index contributed by atoms with van der Waals surface area (Å²) >= 11 is 0. The van der Waals surface area contributed by atoms with Crippen molar-refractivity contribution in [2.24, 2.45) is 0 Å². The SMILES string of the molecule is CN(c1nccn2cnnc12)[C@@H]1CCCN(Cc2ccccc2)C1. The fraction of sp³-hybridized carbons (Fsp3) is 0.389. The molecule has 0 saturated carbocycles. The lowest BCUT2D eigenvalue weighted by Gasteiger charge is -2.38. The molecule has 0 radical (unpaired) electrons. The summed E-state index contributed by atoms with van der Waals surface area (Å²) in [6, 6.07) is 11.1. The van der Waals surface area contributed by atoms with Crippen LogP contribution in [-0.4, -0.2) is 50.7 Å². The van der Waals surface area contributed by atoms with E-state index < -0.39 is 0 Å². The Morgan fingerprint density at radius 2 is 2.12 bits per heavy atom. The fourth-order valence-corrected chi connectivity index (χ4v) is 3.50. The number of nitrogens with zero attached hydrogens (tertiary/aromatic N) is 6. The maximum atomic E-state index is 4.55. The van der Waals surface area contributed by atoms with Crippen LogP contribution in [0.3, 0.4) is 0 Å². The first kappa shape index (κ1) is 15.1. The highest BCUT2D eigenvalue weighted by Crippen LogP contribution is 2.23.